The Balaban J connectivity index is 2.62. The fourth-order valence-electron chi connectivity index (χ4n) is 2.36. The summed E-state index contributed by atoms with van der Waals surface area (Å²) in [5, 5.41) is 0. The Morgan fingerprint density at radius 1 is 1.18 bits per heavy atom. The van der Waals surface area contributed by atoms with Crippen LogP contribution in [0.5, 0.6) is 0 Å². The molecule has 0 fully saturated rings. The van der Waals surface area contributed by atoms with Gasteiger partial charge in [0.2, 0.25) is 0 Å². The lowest BCUT2D eigenvalue weighted by Gasteiger charge is -2.16. The number of hydrogen-bond donors (Lipinski definition) is 0. The number of allylic oxidation sites excluding steroid dienone is 6. The number of fused-ring (bicyclic) bond motifs is 1. The van der Waals surface area contributed by atoms with Crippen LogP contribution < -0.4 is 0 Å². The zero-order valence-electron chi connectivity index (χ0n) is 10.5. The van der Waals surface area contributed by atoms with E-state index in [2.05, 4.69) is 69.0 Å². The second-order valence-electron chi connectivity index (χ2n) is 4.30. The predicted molar refractivity (Wildman–Crippen MR) is 75.9 cm³/mol. The molecule has 1 aliphatic rings. The SMILES string of the molecule is C=CC1=C(C=CC)C(C)c2ccccc2C=C1. The van der Waals surface area contributed by atoms with Crippen molar-refractivity contribution in [1.29, 1.82) is 0 Å². The summed E-state index contributed by atoms with van der Waals surface area (Å²) in [6.07, 6.45) is 10.6. The van der Waals surface area contributed by atoms with Crippen LogP contribution in [0.25, 0.3) is 6.08 Å². The third-order valence-electron chi connectivity index (χ3n) is 3.27. The predicted octanol–water partition coefficient (Wildman–Crippen LogP) is 4.88. The molecule has 2 rings (SSSR count). The second kappa shape index (κ2) is 5.01. The van der Waals surface area contributed by atoms with Crippen LogP contribution in [0.3, 0.4) is 0 Å². The molecule has 0 saturated carbocycles. The Labute approximate surface area is 104 Å². The van der Waals surface area contributed by atoms with E-state index >= 15 is 0 Å². The highest BCUT2D eigenvalue weighted by Gasteiger charge is 2.16. The van der Waals surface area contributed by atoms with Gasteiger partial charge in [-0.2, -0.15) is 0 Å². The van der Waals surface area contributed by atoms with Gasteiger partial charge in [0.15, 0.2) is 0 Å². The van der Waals surface area contributed by atoms with Gasteiger partial charge in [0.05, 0.1) is 0 Å². The average Bonchev–Trinajstić information content (AvgIpc) is 2.49. The van der Waals surface area contributed by atoms with E-state index in [1.165, 1.54) is 22.3 Å². The van der Waals surface area contributed by atoms with Gasteiger partial charge in [0.25, 0.3) is 0 Å². The largest absolute Gasteiger partial charge is 0.0985 e. The van der Waals surface area contributed by atoms with Crippen LogP contribution in [0.1, 0.15) is 30.9 Å². The molecule has 86 valence electrons. The average molecular weight is 222 g/mol. The normalized spacial score (nSPS) is 19.3. The zero-order chi connectivity index (χ0) is 12.3. The minimum atomic E-state index is 0.408. The first kappa shape index (κ1) is 11.7. The summed E-state index contributed by atoms with van der Waals surface area (Å²) in [5.41, 5.74) is 5.24. The Hall–Kier alpha value is -1.82. The van der Waals surface area contributed by atoms with Gasteiger partial charge < -0.3 is 0 Å². The molecular formula is C17H18. The molecule has 0 heterocycles. The first-order chi connectivity index (χ1) is 8.27. The van der Waals surface area contributed by atoms with E-state index in [1.54, 1.807) is 0 Å². The first-order valence-electron chi connectivity index (χ1n) is 6.04. The fraction of sp³-hybridized carbons (Fsp3) is 0.176. The molecule has 0 nitrogen and oxygen atoms in total. The summed E-state index contributed by atoms with van der Waals surface area (Å²) in [6.45, 7) is 8.22. The highest BCUT2D eigenvalue weighted by Crippen LogP contribution is 2.34. The lowest BCUT2D eigenvalue weighted by molar-refractivity contribution is 0.915. The molecule has 0 aliphatic heterocycles. The van der Waals surface area contributed by atoms with Crippen molar-refractivity contribution < 1.29 is 0 Å². The quantitative estimate of drug-likeness (QED) is 0.669. The highest BCUT2D eigenvalue weighted by molar-refractivity contribution is 5.64. The van der Waals surface area contributed by atoms with Crippen molar-refractivity contribution in [3.8, 4) is 0 Å². The van der Waals surface area contributed by atoms with Crippen LogP contribution in [0, 0.1) is 0 Å². The van der Waals surface area contributed by atoms with Crippen molar-refractivity contribution in [2.75, 3.05) is 0 Å². The maximum Gasteiger partial charge on any atom is 0.00727 e. The van der Waals surface area contributed by atoms with Crippen molar-refractivity contribution in [3.63, 3.8) is 0 Å². The Kier molecular flexibility index (Phi) is 3.43. The molecule has 0 aromatic heterocycles. The maximum absolute atomic E-state index is 3.91. The van der Waals surface area contributed by atoms with Gasteiger partial charge in [-0.1, -0.05) is 68.1 Å². The van der Waals surface area contributed by atoms with Gasteiger partial charge >= 0.3 is 0 Å². The third kappa shape index (κ3) is 2.16. The summed E-state index contributed by atoms with van der Waals surface area (Å²) in [7, 11) is 0. The second-order valence-corrected chi connectivity index (χ2v) is 4.30. The lowest BCUT2D eigenvalue weighted by Crippen LogP contribution is -1.99. The topological polar surface area (TPSA) is 0 Å². The van der Waals surface area contributed by atoms with Gasteiger partial charge in [-0.25, -0.2) is 0 Å². The molecule has 1 aromatic carbocycles. The summed E-state index contributed by atoms with van der Waals surface area (Å²) in [6, 6.07) is 8.57. The fourth-order valence-corrected chi connectivity index (χ4v) is 2.36. The van der Waals surface area contributed by atoms with Crippen LogP contribution in [0.15, 0.2) is 66.3 Å². The molecular weight excluding hydrogens is 204 g/mol. The van der Waals surface area contributed by atoms with E-state index in [9.17, 15) is 0 Å². The maximum atomic E-state index is 3.91. The minimum absolute atomic E-state index is 0.408. The van der Waals surface area contributed by atoms with E-state index in [0.717, 1.165) is 0 Å². The first-order valence-corrected chi connectivity index (χ1v) is 6.04. The molecule has 0 amide bonds. The molecule has 0 heteroatoms. The molecule has 0 spiro atoms. The monoisotopic (exact) mass is 222 g/mol. The van der Waals surface area contributed by atoms with E-state index in [0.29, 0.717) is 5.92 Å². The van der Waals surface area contributed by atoms with Crippen molar-refractivity contribution in [2.45, 2.75) is 19.8 Å². The Morgan fingerprint density at radius 3 is 2.65 bits per heavy atom. The van der Waals surface area contributed by atoms with E-state index in [4.69, 9.17) is 0 Å². The number of hydrogen-bond acceptors (Lipinski definition) is 0. The molecule has 0 radical (unpaired) electrons. The van der Waals surface area contributed by atoms with Crippen molar-refractivity contribution in [2.24, 2.45) is 0 Å². The number of benzene rings is 1. The van der Waals surface area contributed by atoms with Gasteiger partial charge in [0.1, 0.15) is 0 Å². The zero-order valence-corrected chi connectivity index (χ0v) is 10.5. The molecule has 0 N–H and O–H groups in total. The van der Waals surface area contributed by atoms with Gasteiger partial charge in [-0.3, -0.25) is 0 Å². The van der Waals surface area contributed by atoms with Crippen LogP contribution in [0.2, 0.25) is 0 Å². The third-order valence-corrected chi connectivity index (χ3v) is 3.27. The molecule has 1 atom stereocenters. The molecule has 1 aromatic rings. The standard InChI is InChI=1S/C17H18/c1-4-8-16-13(3)17-10-7-6-9-15(17)12-11-14(16)5-2/h4-13H,2H2,1,3H3. The molecule has 1 aliphatic carbocycles. The van der Waals surface area contributed by atoms with E-state index in [-0.39, 0.29) is 0 Å². The van der Waals surface area contributed by atoms with E-state index < -0.39 is 0 Å². The van der Waals surface area contributed by atoms with Crippen LogP contribution >= 0.6 is 0 Å². The number of rotatable bonds is 2. The van der Waals surface area contributed by atoms with Crippen LogP contribution in [-0.2, 0) is 0 Å². The molecule has 1 unspecified atom stereocenters. The Bertz CT molecular complexity index is 513. The van der Waals surface area contributed by atoms with Gasteiger partial charge in [-0.15, -0.1) is 0 Å². The highest BCUT2D eigenvalue weighted by atomic mass is 14.2. The molecule has 0 bridgehead atoms. The summed E-state index contributed by atoms with van der Waals surface area (Å²) < 4.78 is 0. The lowest BCUT2D eigenvalue weighted by atomic mass is 9.88. The minimum Gasteiger partial charge on any atom is -0.0985 e. The molecule has 0 saturated heterocycles. The Morgan fingerprint density at radius 2 is 1.94 bits per heavy atom. The molecule has 17 heavy (non-hydrogen) atoms. The van der Waals surface area contributed by atoms with E-state index in [1.807, 2.05) is 6.08 Å². The summed E-state index contributed by atoms with van der Waals surface area (Å²) in [4.78, 5) is 0. The summed E-state index contributed by atoms with van der Waals surface area (Å²) in [5.74, 6) is 0.408. The van der Waals surface area contributed by atoms with Gasteiger partial charge in [0, 0.05) is 5.92 Å². The smallest absolute Gasteiger partial charge is 0.00727 e. The van der Waals surface area contributed by atoms with Crippen molar-refractivity contribution >= 4 is 6.08 Å². The van der Waals surface area contributed by atoms with Crippen molar-refractivity contribution in [3.05, 3.63) is 77.4 Å². The summed E-state index contributed by atoms with van der Waals surface area (Å²) >= 11 is 0. The van der Waals surface area contributed by atoms with Crippen LogP contribution in [-0.4, -0.2) is 0 Å². The van der Waals surface area contributed by atoms with Crippen molar-refractivity contribution in [1.82, 2.24) is 0 Å². The van der Waals surface area contributed by atoms with Crippen LogP contribution in [0.4, 0.5) is 0 Å². The van der Waals surface area contributed by atoms with Gasteiger partial charge in [-0.05, 0) is 29.2 Å².